The standard InChI is InChI=1S/C19H32O2/c1-3-5-6-19(20)21-18-13-11-17(12-14-18)16-9-7-15(4-2)8-10-16/h3,15-18H,1,4-14H2,2H3/t15-,16-,17?,18?. The fraction of sp³-hybridized carbons (Fsp3) is 0.842. The number of hydrogen-bond acceptors (Lipinski definition) is 2. The highest BCUT2D eigenvalue weighted by atomic mass is 16.5. The van der Waals surface area contributed by atoms with Gasteiger partial charge in [0.05, 0.1) is 0 Å². The van der Waals surface area contributed by atoms with Gasteiger partial charge < -0.3 is 4.74 Å². The van der Waals surface area contributed by atoms with Crippen LogP contribution in [0, 0.1) is 17.8 Å². The van der Waals surface area contributed by atoms with Gasteiger partial charge in [0.25, 0.3) is 0 Å². The first-order valence-corrected chi connectivity index (χ1v) is 9.03. The van der Waals surface area contributed by atoms with Crippen LogP contribution in [0.3, 0.4) is 0 Å². The van der Waals surface area contributed by atoms with Crippen molar-refractivity contribution in [3.8, 4) is 0 Å². The summed E-state index contributed by atoms with van der Waals surface area (Å²) in [6.45, 7) is 5.98. The lowest BCUT2D eigenvalue weighted by molar-refractivity contribution is -0.151. The van der Waals surface area contributed by atoms with E-state index in [1.165, 1.54) is 44.9 Å². The van der Waals surface area contributed by atoms with Gasteiger partial charge in [-0.1, -0.05) is 32.3 Å². The van der Waals surface area contributed by atoms with Crippen LogP contribution < -0.4 is 0 Å². The Balaban J connectivity index is 1.66. The quantitative estimate of drug-likeness (QED) is 0.492. The van der Waals surface area contributed by atoms with Gasteiger partial charge in [0, 0.05) is 6.42 Å². The van der Waals surface area contributed by atoms with Gasteiger partial charge in [-0.15, -0.1) is 6.58 Å². The first-order chi connectivity index (χ1) is 10.2. The molecule has 0 N–H and O–H groups in total. The molecule has 2 aliphatic carbocycles. The molecule has 2 aliphatic rings. The van der Waals surface area contributed by atoms with Gasteiger partial charge in [0.2, 0.25) is 0 Å². The first kappa shape index (κ1) is 16.6. The van der Waals surface area contributed by atoms with E-state index in [2.05, 4.69) is 13.5 Å². The molecule has 0 saturated heterocycles. The van der Waals surface area contributed by atoms with Crippen molar-refractivity contribution in [1.82, 2.24) is 0 Å². The number of carbonyl (C=O) groups excluding carboxylic acids is 1. The number of ether oxygens (including phenoxy) is 1. The van der Waals surface area contributed by atoms with Gasteiger partial charge in [-0.3, -0.25) is 4.79 Å². The zero-order valence-electron chi connectivity index (χ0n) is 13.7. The van der Waals surface area contributed by atoms with Crippen molar-refractivity contribution in [2.45, 2.75) is 83.7 Å². The largest absolute Gasteiger partial charge is 0.462 e. The summed E-state index contributed by atoms with van der Waals surface area (Å²) >= 11 is 0. The van der Waals surface area contributed by atoms with Crippen molar-refractivity contribution < 1.29 is 9.53 Å². The highest BCUT2D eigenvalue weighted by molar-refractivity contribution is 5.69. The maximum atomic E-state index is 11.7. The van der Waals surface area contributed by atoms with Crippen molar-refractivity contribution in [3.63, 3.8) is 0 Å². The van der Waals surface area contributed by atoms with Crippen LogP contribution in [0.1, 0.15) is 77.6 Å². The van der Waals surface area contributed by atoms with E-state index >= 15 is 0 Å². The van der Waals surface area contributed by atoms with Crippen LogP contribution in [0.2, 0.25) is 0 Å². The lowest BCUT2D eigenvalue weighted by atomic mass is 9.70. The lowest BCUT2D eigenvalue weighted by Gasteiger charge is -2.37. The Bertz CT molecular complexity index is 320. The molecule has 2 nitrogen and oxygen atoms in total. The number of allylic oxidation sites excluding steroid dienone is 1. The third kappa shape index (κ3) is 5.16. The minimum atomic E-state index is -0.0400. The van der Waals surface area contributed by atoms with E-state index in [4.69, 9.17) is 4.74 Å². The molecule has 0 spiro atoms. The van der Waals surface area contributed by atoms with Crippen molar-refractivity contribution >= 4 is 5.97 Å². The van der Waals surface area contributed by atoms with Crippen molar-refractivity contribution in [1.29, 1.82) is 0 Å². The van der Waals surface area contributed by atoms with Crippen LogP contribution in [-0.4, -0.2) is 12.1 Å². The SMILES string of the molecule is C=CCCC(=O)OC1CCC([C@H]2CC[C@H](CC)CC2)CC1. The summed E-state index contributed by atoms with van der Waals surface area (Å²) < 4.78 is 5.58. The highest BCUT2D eigenvalue weighted by Crippen LogP contribution is 2.41. The molecule has 2 fully saturated rings. The van der Waals surface area contributed by atoms with E-state index < -0.39 is 0 Å². The molecule has 2 saturated carbocycles. The second-order valence-electron chi connectivity index (χ2n) is 7.04. The normalized spacial score (nSPS) is 33.4. The molecule has 0 aromatic heterocycles. The summed E-state index contributed by atoms with van der Waals surface area (Å²) in [5, 5.41) is 0. The summed E-state index contributed by atoms with van der Waals surface area (Å²) in [4.78, 5) is 11.7. The van der Waals surface area contributed by atoms with Gasteiger partial charge >= 0.3 is 5.97 Å². The van der Waals surface area contributed by atoms with Crippen molar-refractivity contribution in [2.75, 3.05) is 0 Å². The molecule has 0 aromatic rings. The van der Waals surface area contributed by atoms with Crippen molar-refractivity contribution in [3.05, 3.63) is 12.7 Å². The number of esters is 1. The summed E-state index contributed by atoms with van der Waals surface area (Å²) in [5.74, 6) is 2.79. The molecule has 0 atom stereocenters. The summed E-state index contributed by atoms with van der Waals surface area (Å²) in [6, 6.07) is 0. The maximum absolute atomic E-state index is 11.7. The second-order valence-corrected chi connectivity index (χ2v) is 7.04. The van der Waals surface area contributed by atoms with Crippen LogP contribution in [0.25, 0.3) is 0 Å². The van der Waals surface area contributed by atoms with Gasteiger partial charge in [-0.25, -0.2) is 0 Å². The molecule has 2 heteroatoms. The summed E-state index contributed by atoms with van der Waals surface area (Å²) in [5.41, 5.74) is 0. The fourth-order valence-corrected chi connectivity index (χ4v) is 4.21. The fourth-order valence-electron chi connectivity index (χ4n) is 4.21. The van der Waals surface area contributed by atoms with Gasteiger partial charge in [-0.2, -0.15) is 0 Å². The average Bonchev–Trinajstić information content (AvgIpc) is 2.54. The van der Waals surface area contributed by atoms with Crippen LogP contribution in [0.15, 0.2) is 12.7 Å². The smallest absolute Gasteiger partial charge is 0.306 e. The average molecular weight is 292 g/mol. The molecule has 0 radical (unpaired) electrons. The monoisotopic (exact) mass is 292 g/mol. The van der Waals surface area contributed by atoms with Crippen molar-refractivity contribution in [2.24, 2.45) is 17.8 Å². The number of rotatable bonds is 6. The van der Waals surface area contributed by atoms with Gasteiger partial charge in [-0.05, 0) is 62.7 Å². The minimum absolute atomic E-state index is 0.0400. The molecular formula is C19H32O2. The van der Waals surface area contributed by atoms with E-state index in [1.54, 1.807) is 6.08 Å². The molecule has 0 aliphatic heterocycles. The molecule has 21 heavy (non-hydrogen) atoms. The zero-order valence-corrected chi connectivity index (χ0v) is 13.7. The van der Waals surface area contributed by atoms with E-state index in [0.29, 0.717) is 6.42 Å². The number of hydrogen-bond donors (Lipinski definition) is 0. The van der Waals surface area contributed by atoms with E-state index in [1.807, 2.05) is 0 Å². The van der Waals surface area contributed by atoms with Gasteiger partial charge in [0.1, 0.15) is 6.10 Å². The Labute approximate surface area is 130 Å². The predicted molar refractivity (Wildman–Crippen MR) is 87.0 cm³/mol. The second kappa shape index (κ2) is 8.60. The topological polar surface area (TPSA) is 26.3 Å². The van der Waals surface area contributed by atoms with Crippen LogP contribution in [0.4, 0.5) is 0 Å². The Morgan fingerprint density at radius 3 is 2.14 bits per heavy atom. The van der Waals surface area contributed by atoms with E-state index in [9.17, 15) is 4.79 Å². The molecule has 0 bridgehead atoms. The van der Waals surface area contributed by atoms with E-state index in [-0.39, 0.29) is 12.1 Å². The Morgan fingerprint density at radius 1 is 1.05 bits per heavy atom. The van der Waals surface area contributed by atoms with E-state index in [0.717, 1.165) is 37.0 Å². The third-order valence-corrected chi connectivity index (χ3v) is 5.70. The number of carbonyl (C=O) groups is 1. The molecule has 120 valence electrons. The minimum Gasteiger partial charge on any atom is -0.462 e. The summed E-state index contributed by atoms with van der Waals surface area (Å²) in [6.07, 6.45) is 15.0. The zero-order chi connectivity index (χ0) is 15.1. The van der Waals surface area contributed by atoms with Gasteiger partial charge in [0.15, 0.2) is 0 Å². The van der Waals surface area contributed by atoms with Crippen LogP contribution >= 0.6 is 0 Å². The summed E-state index contributed by atoms with van der Waals surface area (Å²) in [7, 11) is 0. The first-order valence-electron chi connectivity index (χ1n) is 9.03. The lowest BCUT2D eigenvalue weighted by Crippen LogP contribution is -2.29. The molecular weight excluding hydrogens is 260 g/mol. The molecule has 0 aromatic carbocycles. The Hall–Kier alpha value is -0.790. The molecule has 0 heterocycles. The highest BCUT2D eigenvalue weighted by Gasteiger charge is 2.31. The maximum Gasteiger partial charge on any atom is 0.306 e. The third-order valence-electron chi connectivity index (χ3n) is 5.70. The Kier molecular flexibility index (Phi) is 6.79. The molecule has 0 amide bonds. The molecule has 2 rings (SSSR count). The van der Waals surface area contributed by atoms with Crippen LogP contribution in [0.5, 0.6) is 0 Å². The van der Waals surface area contributed by atoms with Crippen LogP contribution in [-0.2, 0) is 9.53 Å². The molecule has 0 unspecified atom stereocenters. The Morgan fingerprint density at radius 2 is 1.62 bits per heavy atom. The predicted octanol–water partition coefficient (Wildman–Crippen LogP) is 5.27.